The fourth-order valence-corrected chi connectivity index (χ4v) is 2.10. The highest BCUT2D eigenvalue weighted by molar-refractivity contribution is 7.12. The maximum absolute atomic E-state index is 11.3. The van der Waals surface area contributed by atoms with Crippen LogP contribution in [0, 0.1) is 11.3 Å². The molecule has 98 valence electrons. The lowest BCUT2D eigenvalue weighted by Gasteiger charge is -2.05. The molecule has 6 heteroatoms. The summed E-state index contributed by atoms with van der Waals surface area (Å²) in [6.07, 6.45) is 0.445. The van der Waals surface area contributed by atoms with E-state index in [-0.39, 0.29) is 5.91 Å². The summed E-state index contributed by atoms with van der Waals surface area (Å²) in [5.74, 6) is 0.0171. The number of carbonyl (C=O) groups excluding carboxylic acids is 1. The second-order valence-electron chi connectivity index (χ2n) is 3.65. The summed E-state index contributed by atoms with van der Waals surface area (Å²) in [4.78, 5) is 13.1. The molecule has 0 aliphatic carbocycles. The summed E-state index contributed by atoms with van der Waals surface area (Å²) in [6.45, 7) is 2.40. The molecule has 0 saturated heterocycles. The summed E-state index contributed by atoms with van der Waals surface area (Å²) in [5, 5.41) is 14.6. The molecule has 1 heterocycles. The molecule has 18 heavy (non-hydrogen) atoms. The van der Waals surface area contributed by atoms with E-state index in [9.17, 15) is 4.79 Å². The average Bonchev–Trinajstić information content (AvgIpc) is 2.83. The van der Waals surface area contributed by atoms with E-state index in [4.69, 9.17) is 10.00 Å². The van der Waals surface area contributed by atoms with Crippen LogP contribution in [0.5, 0.6) is 0 Å². The monoisotopic (exact) mass is 267 g/mol. The van der Waals surface area contributed by atoms with Crippen LogP contribution in [0.3, 0.4) is 0 Å². The highest BCUT2D eigenvalue weighted by atomic mass is 32.1. The molecular weight excluding hydrogens is 250 g/mol. The van der Waals surface area contributed by atoms with E-state index < -0.39 is 0 Å². The van der Waals surface area contributed by atoms with Crippen LogP contribution in [0.1, 0.15) is 16.2 Å². The highest BCUT2D eigenvalue weighted by Crippen LogP contribution is 2.14. The minimum Gasteiger partial charge on any atom is -0.383 e. The van der Waals surface area contributed by atoms with E-state index in [1.54, 1.807) is 13.2 Å². The van der Waals surface area contributed by atoms with Crippen molar-refractivity contribution < 1.29 is 9.53 Å². The minimum atomic E-state index is 0.0171. The van der Waals surface area contributed by atoms with Gasteiger partial charge in [-0.15, -0.1) is 11.3 Å². The van der Waals surface area contributed by atoms with Gasteiger partial charge in [-0.25, -0.2) is 0 Å². The lowest BCUT2D eigenvalue weighted by molar-refractivity contribution is -0.121. The van der Waals surface area contributed by atoms with Crippen molar-refractivity contribution in [3.8, 4) is 6.07 Å². The Kier molecular flexibility index (Phi) is 7.03. The van der Waals surface area contributed by atoms with Crippen molar-refractivity contribution in [1.29, 1.82) is 5.26 Å². The molecule has 0 aliphatic rings. The molecule has 0 spiro atoms. The number of methoxy groups -OCH3 is 1. The van der Waals surface area contributed by atoms with E-state index >= 15 is 0 Å². The molecule has 0 radical (unpaired) electrons. The number of amides is 1. The van der Waals surface area contributed by atoms with Crippen LogP contribution in [0.15, 0.2) is 12.1 Å². The standard InChI is InChI=1S/C12H17N3O2S/c1-17-7-6-15-12(16)4-5-14-9-11-3-2-10(8-13)18-11/h2-3,14H,4-7,9H2,1H3,(H,15,16). The van der Waals surface area contributed by atoms with Crippen molar-refractivity contribution >= 4 is 17.2 Å². The molecule has 0 atom stereocenters. The van der Waals surface area contributed by atoms with Gasteiger partial charge in [-0.05, 0) is 12.1 Å². The van der Waals surface area contributed by atoms with Crippen molar-refractivity contribution in [1.82, 2.24) is 10.6 Å². The first-order valence-electron chi connectivity index (χ1n) is 5.71. The second-order valence-corrected chi connectivity index (χ2v) is 4.82. The number of nitrogens with one attached hydrogen (secondary N) is 2. The summed E-state index contributed by atoms with van der Waals surface area (Å²) >= 11 is 1.47. The van der Waals surface area contributed by atoms with Gasteiger partial charge in [-0.3, -0.25) is 4.79 Å². The average molecular weight is 267 g/mol. The molecule has 0 fully saturated rings. The van der Waals surface area contributed by atoms with Gasteiger partial charge in [-0.1, -0.05) is 0 Å². The zero-order valence-electron chi connectivity index (χ0n) is 10.4. The molecule has 1 amide bonds. The van der Waals surface area contributed by atoms with Crippen LogP contribution in [-0.4, -0.2) is 32.7 Å². The molecule has 2 N–H and O–H groups in total. The van der Waals surface area contributed by atoms with Gasteiger partial charge in [0.2, 0.25) is 5.91 Å². The van der Waals surface area contributed by atoms with Crippen LogP contribution >= 0.6 is 11.3 Å². The third-order valence-electron chi connectivity index (χ3n) is 2.23. The Morgan fingerprint density at radius 3 is 3.00 bits per heavy atom. The number of nitriles is 1. The molecular formula is C12H17N3O2S. The van der Waals surface area contributed by atoms with Crippen molar-refractivity contribution in [3.63, 3.8) is 0 Å². The largest absolute Gasteiger partial charge is 0.383 e. The summed E-state index contributed by atoms with van der Waals surface area (Å²) in [5.41, 5.74) is 0. The van der Waals surface area contributed by atoms with Crippen molar-refractivity contribution in [2.24, 2.45) is 0 Å². The quantitative estimate of drug-likeness (QED) is 0.685. The molecule has 0 aliphatic heterocycles. The normalized spacial score (nSPS) is 10.0. The number of ether oxygens (including phenoxy) is 1. The second kappa shape index (κ2) is 8.64. The first kappa shape index (κ1) is 14.6. The molecule has 1 aromatic rings. The number of nitrogens with zero attached hydrogens (tertiary/aromatic N) is 1. The molecule has 0 saturated carbocycles. The topological polar surface area (TPSA) is 74.2 Å². The Labute approximate surface area is 111 Å². The van der Waals surface area contributed by atoms with Gasteiger partial charge in [0.1, 0.15) is 10.9 Å². The zero-order valence-corrected chi connectivity index (χ0v) is 11.2. The Morgan fingerprint density at radius 2 is 2.33 bits per heavy atom. The Morgan fingerprint density at radius 1 is 1.50 bits per heavy atom. The Balaban J connectivity index is 2.08. The van der Waals surface area contributed by atoms with E-state index in [2.05, 4.69) is 16.7 Å². The summed E-state index contributed by atoms with van der Waals surface area (Å²) in [6, 6.07) is 5.83. The third-order valence-corrected chi connectivity index (χ3v) is 3.22. The van der Waals surface area contributed by atoms with Crippen molar-refractivity contribution in [3.05, 3.63) is 21.9 Å². The predicted octanol–water partition coefficient (Wildman–Crippen LogP) is 0.862. The summed E-state index contributed by atoms with van der Waals surface area (Å²) in [7, 11) is 1.60. The lowest BCUT2D eigenvalue weighted by atomic mass is 10.3. The number of thiophene rings is 1. The fourth-order valence-electron chi connectivity index (χ4n) is 1.33. The number of rotatable bonds is 8. The first-order valence-corrected chi connectivity index (χ1v) is 6.53. The lowest BCUT2D eigenvalue weighted by Crippen LogP contribution is -2.29. The Hall–Kier alpha value is -1.42. The number of hydrogen-bond donors (Lipinski definition) is 2. The number of hydrogen-bond acceptors (Lipinski definition) is 5. The van der Waals surface area contributed by atoms with Crippen LogP contribution < -0.4 is 10.6 Å². The van der Waals surface area contributed by atoms with E-state index in [1.807, 2.05) is 6.07 Å². The molecule has 0 bridgehead atoms. The van der Waals surface area contributed by atoms with Gasteiger partial charge in [-0.2, -0.15) is 5.26 Å². The van der Waals surface area contributed by atoms with Gasteiger partial charge < -0.3 is 15.4 Å². The number of carbonyl (C=O) groups is 1. The molecule has 1 rings (SSSR count). The molecule has 0 unspecified atom stereocenters. The van der Waals surface area contributed by atoms with Gasteiger partial charge in [0.05, 0.1) is 6.61 Å². The maximum Gasteiger partial charge on any atom is 0.221 e. The van der Waals surface area contributed by atoms with E-state index in [0.717, 1.165) is 4.88 Å². The highest BCUT2D eigenvalue weighted by Gasteiger charge is 2.01. The molecule has 1 aromatic heterocycles. The van der Waals surface area contributed by atoms with E-state index in [0.29, 0.717) is 37.5 Å². The summed E-state index contributed by atoms with van der Waals surface area (Å²) < 4.78 is 4.83. The first-order chi connectivity index (χ1) is 8.76. The molecule has 0 aromatic carbocycles. The zero-order chi connectivity index (χ0) is 13.2. The van der Waals surface area contributed by atoms with Crippen LogP contribution in [-0.2, 0) is 16.1 Å². The smallest absolute Gasteiger partial charge is 0.221 e. The minimum absolute atomic E-state index is 0.0171. The SMILES string of the molecule is COCCNC(=O)CCNCc1ccc(C#N)s1. The van der Waals surface area contributed by atoms with Gasteiger partial charge in [0.25, 0.3) is 0 Å². The van der Waals surface area contributed by atoms with Crippen molar-refractivity contribution in [2.75, 3.05) is 26.8 Å². The fraction of sp³-hybridized carbons (Fsp3) is 0.500. The Bertz CT molecular complexity index is 412. The van der Waals surface area contributed by atoms with Gasteiger partial charge in [0.15, 0.2) is 0 Å². The van der Waals surface area contributed by atoms with Gasteiger partial charge >= 0.3 is 0 Å². The van der Waals surface area contributed by atoms with Gasteiger partial charge in [0, 0.05) is 38.0 Å². The molecule has 5 nitrogen and oxygen atoms in total. The van der Waals surface area contributed by atoms with Crippen LogP contribution in [0.25, 0.3) is 0 Å². The third kappa shape index (κ3) is 5.77. The van der Waals surface area contributed by atoms with Crippen molar-refractivity contribution in [2.45, 2.75) is 13.0 Å². The predicted molar refractivity (Wildman–Crippen MR) is 70.2 cm³/mol. The van der Waals surface area contributed by atoms with E-state index in [1.165, 1.54) is 11.3 Å². The maximum atomic E-state index is 11.3. The van der Waals surface area contributed by atoms with Crippen LogP contribution in [0.4, 0.5) is 0 Å². The van der Waals surface area contributed by atoms with Crippen LogP contribution in [0.2, 0.25) is 0 Å².